The normalized spacial score (nSPS) is 29.6. The molecule has 11 heteroatoms. The van der Waals surface area contributed by atoms with Crippen molar-refractivity contribution in [1.29, 1.82) is 0 Å². The van der Waals surface area contributed by atoms with Crippen LogP contribution in [0.1, 0.15) is 24.9 Å². The Morgan fingerprint density at radius 3 is 2.56 bits per heavy atom. The highest BCUT2D eigenvalue weighted by atomic mass is 19.4. The summed E-state index contributed by atoms with van der Waals surface area (Å²) in [4.78, 5) is 12.0. The zero-order valence-corrected chi connectivity index (χ0v) is 14.7. The molecule has 2 saturated heterocycles. The molecule has 1 saturated carbocycles. The number of piperidine rings is 1. The minimum Gasteiger partial charge on any atom is -0.356 e. The Morgan fingerprint density at radius 1 is 1.22 bits per heavy atom. The number of nitrogens with one attached hydrogen (secondary N) is 1. The van der Waals surface area contributed by atoms with E-state index in [0.717, 1.165) is 24.7 Å². The number of H-pyrrole nitrogens is 1. The van der Waals surface area contributed by atoms with Crippen LogP contribution >= 0.6 is 0 Å². The maximum atomic E-state index is 13.3. The molecule has 0 radical (unpaired) electrons. The zero-order valence-electron chi connectivity index (χ0n) is 14.7. The fourth-order valence-electron chi connectivity index (χ4n) is 4.30. The summed E-state index contributed by atoms with van der Waals surface area (Å²) in [6.07, 6.45) is -2.75. The molecule has 4 heterocycles. The third-order valence-corrected chi connectivity index (χ3v) is 6.08. The van der Waals surface area contributed by atoms with Gasteiger partial charge in [0.15, 0.2) is 5.69 Å². The predicted octanol–water partition coefficient (Wildman–Crippen LogP) is 1.53. The molecule has 1 N–H and O–H groups in total. The van der Waals surface area contributed by atoms with Gasteiger partial charge >= 0.3 is 6.18 Å². The summed E-state index contributed by atoms with van der Waals surface area (Å²) in [5, 5.41) is 13.8. The molecule has 2 aromatic rings. The number of anilines is 2. The molecule has 3 aliphatic rings. The van der Waals surface area contributed by atoms with E-state index in [1.54, 1.807) is 0 Å². The first-order valence-corrected chi connectivity index (χ1v) is 9.10. The molecule has 144 valence electrons. The average Bonchev–Trinajstić information content (AvgIpc) is 3.02. The van der Waals surface area contributed by atoms with Crippen LogP contribution in [0.3, 0.4) is 0 Å². The number of aromatic nitrogens is 6. The number of fused-ring (bicyclic) bond motifs is 1. The van der Waals surface area contributed by atoms with Crippen LogP contribution in [0, 0.1) is 17.8 Å². The first-order valence-electron chi connectivity index (χ1n) is 9.10. The second kappa shape index (κ2) is 5.77. The molecule has 2 aliphatic heterocycles. The summed E-state index contributed by atoms with van der Waals surface area (Å²) in [5.74, 6) is 2.70. The number of rotatable bonds is 4. The third-order valence-electron chi connectivity index (χ3n) is 6.08. The van der Waals surface area contributed by atoms with Crippen molar-refractivity contribution in [3.8, 4) is 0 Å². The highest BCUT2D eigenvalue weighted by Crippen LogP contribution is 2.53. The van der Waals surface area contributed by atoms with Gasteiger partial charge in [-0.25, -0.2) is 10.1 Å². The van der Waals surface area contributed by atoms with Gasteiger partial charge in [0.25, 0.3) is 0 Å². The maximum absolute atomic E-state index is 13.3. The quantitative estimate of drug-likeness (QED) is 0.861. The molecule has 0 unspecified atom stereocenters. The van der Waals surface area contributed by atoms with E-state index in [9.17, 15) is 13.2 Å². The summed E-state index contributed by atoms with van der Waals surface area (Å²) in [6, 6.07) is 1.25. The number of alkyl halides is 3. The van der Waals surface area contributed by atoms with Gasteiger partial charge in [0, 0.05) is 38.2 Å². The fraction of sp³-hybridized carbons (Fsp3) is 0.688. The smallest absolute Gasteiger partial charge is 0.356 e. The summed E-state index contributed by atoms with van der Waals surface area (Å²) in [6.45, 7) is 4.08. The van der Waals surface area contributed by atoms with Gasteiger partial charge in [-0.2, -0.15) is 18.2 Å². The molecule has 2 aromatic heterocycles. The van der Waals surface area contributed by atoms with Gasteiger partial charge in [0.1, 0.15) is 11.6 Å². The molecule has 3 fully saturated rings. The number of nitrogens with zero attached hydrogens (tertiary/aromatic N) is 7. The molecule has 8 nitrogen and oxygen atoms in total. The van der Waals surface area contributed by atoms with Crippen molar-refractivity contribution < 1.29 is 13.2 Å². The lowest BCUT2D eigenvalue weighted by Gasteiger charge is -2.39. The molecule has 27 heavy (non-hydrogen) atoms. The number of hydrogen-bond acceptors (Lipinski definition) is 7. The van der Waals surface area contributed by atoms with E-state index < -0.39 is 11.9 Å². The Hall–Kier alpha value is -2.46. The second-order valence-corrected chi connectivity index (χ2v) is 7.69. The molecule has 0 amide bonds. The molecule has 0 aromatic carbocycles. The van der Waals surface area contributed by atoms with Gasteiger partial charge in [-0.05, 0) is 41.5 Å². The van der Waals surface area contributed by atoms with E-state index in [1.807, 2.05) is 16.7 Å². The van der Waals surface area contributed by atoms with Gasteiger partial charge in [-0.15, -0.1) is 5.10 Å². The van der Waals surface area contributed by atoms with Crippen molar-refractivity contribution >= 4 is 11.8 Å². The van der Waals surface area contributed by atoms with Crippen molar-refractivity contribution in [3.63, 3.8) is 0 Å². The topological polar surface area (TPSA) is 86.7 Å². The van der Waals surface area contributed by atoms with Crippen LogP contribution in [-0.4, -0.2) is 56.3 Å². The van der Waals surface area contributed by atoms with Gasteiger partial charge in [0.2, 0.25) is 5.95 Å². The standard InChI is InChI=1S/C16H19F3N8/c1-8-2-3-27(8)15-20-12(16(17,18)19)5-14(21-15)26-6-10-9(11(10)7-26)4-13-22-24-25-23-13/h5,8-11H,2-4,6-7H2,1H3,(H,22,23,24,25)/t8-,9-,10-,11+/m0/s1. The van der Waals surface area contributed by atoms with E-state index >= 15 is 0 Å². The minimum atomic E-state index is -4.48. The van der Waals surface area contributed by atoms with Gasteiger partial charge < -0.3 is 9.80 Å². The highest BCUT2D eigenvalue weighted by Gasteiger charge is 2.56. The Morgan fingerprint density at radius 2 is 2.00 bits per heavy atom. The monoisotopic (exact) mass is 380 g/mol. The van der Waals surface area contributed by atoms with Crippen LogP contribution in [-0.2, 0) is 12.6 Å². The van der Waals surface area contributed by atoms with E-state index in [1.165, 1.54) is 0 Å². The Labute approximate surface area is 153 Å². The Kier molecular flexibility index (Phi) is 3.57. The number of halogens is 3. The molecular formula is C16H19F3N8. The van der Waals surface area contributed by atoms with Gasteiger partial charge in [0.05, 0.1) is 0 Å². The van der Waals surface area contributed by atoms with Crippen molar-refractivity contribution in [3.05, 3.63) is 17.6 Å². The van der Waals surface area contributed by atoms with E-state index in [2.05, 4.69) is 30.6 Å². The van der Waals surface area contributed by atoms with Crippen LogP contribution in [0.4, 0.5) is 24.9 Å². The van der Waals surface area contributed by atoms with Crippen molar-refractivity contribution in [2.75, 3.05) is 29.4 Å². The predicted molar refractivity (Wildman–Crippen MR) is 89.0 cm³/mol. The zero-order chi connectivity index (χ0) is 18.8. The van der Waals surface area contributed by atoms with E-state index in [4.69, 9.17) is 0 Å². The molecule has 4 atom stereocenters. The first kappa shape index (κ1) is 16.7. The van der Waals surface area contributed by atoms with Crippen LogP contribution in [0.25, 0.3) is 0 Å². The molecule has 0 spiro atoms. The number of hydrogen-bond donors (Lipinski definition) is 1. The van der Waals surface area contributed by atoms with Crippen LogP contribution in [0.5, 0.6) is 0 Å². The summed E-state index contributed by atoms with van der Waals surface area (Å²) >= 11 is 0. The molecule has 0 bridgehead atoms. The maximum Gasteiger partial charge on any atom is 0.433 e. The Balaban J connectivity index is 1.34. The van der Waals surface area contributed by atoms with Crippen molar-refractivity contribution in [2.24, 2.45) is 17.8 Å². The van der Waals surface area contributed by atoms with Crippen LogP contribution in [0.15, 0.2) is 6.07 Å². The summed E-state index contributed by atoms with van der Waals surface area (Å²) < 4.78 is 40.0. The SMILES string of the molecule is C[C@H]1CCN1c1nc(N2C[C@@H]3[C@@H](Cc4nnn[nH]4)[C@@H]3C2)cc(C(F)(F)F)n1. The largest absolute Gasteiger partial charge is 0.433 e. The second-order valence-electron chi connectivity index (χ2n) is 7.69. The third kappa shape index (κ3) is 2.88. The number of tetrazole rings is 1. The summed E-state index contributed by atoms with van der Waals surface area (Å²) in [5.41, 5.74) is -0.869. The first-order chi connectivity index (χ1) is 12.9. The van der Waals surface area contributed by atoms with Crippen LogP contribution < -0.4 is 9.80 Å². The van der Waals surface area contributed by atoms with Gasteiger partial charge in [-0.1, -0.05) is 0 Å². The van der Waals surface area contributed by atoms with Gasteiger partial charge in [-0.3, -0.25) is 0 Å². The van der Waals surface area contributed by atoms with Crippen molar-refractivity contribution in [2.45, 2.75) is 32.0 Å². The molecule has 1 aliphatic carbocycles. The highest BCUT2D eigenvalue weighted by molar-refractivity contribution is 5.50. The Bertz CT molecular complexity index is 827. The fourth-order valence-corrected chi connectivity index (χ4v) is 4.30. The molecule has 5 rings (SSSR count). The summed E-state index contributed by atoms with van der Waals surface area (Å²) in [7, 11) is 0. The lowest BCUT2D eigenvalue weighted by molar-refractivity contribution is -0.141. The van der Waals surface area contributed by atoms with Crippen molar-refractivity contribution in [1.82, 2.24) is 30.6 Å². The number of aromatic amines is 1. The van der Waals surface area contributed by atoms with E-state index in [-0.39, 0.29) is 12.0 Å². The van der Waals surface area contributed by atoms with E-state index in [0.29, 0.717) is 43.2 Å². The van der Waals surface area contributed by atoms with Crippen LogP contribution in [0.2, 0.25) is 0 Å². The average molecular weight is 380 g/mol. The lowest BCUT2D eigenvalue weighted by Crippen LogP contribution is -2.47. The molecular weight excluding hydrogens is 361 g/mol. The minimum absolute atomic E-state index is 0.174. The lowest BCUT2D eigenvalue weighted by atomic mass is 10.1.